The van der Waals surface area contributed by atoms with E-state index in [0.717, 1.165) is 11.5 Å². The molecule has 0 radical (unpaired) electrons. The molecular formula is C11H10N4O2. The zero-order valence-corrected chi connectivity index (χ0v) is 9.15. The van der Waals surface area contributed by atoms with Crippen molar-refractivity contribution in [2.75, 3.05) is 0 Å². The molecule has 6 heteroatoms. The maximum Gasteiger partial charge on any atom is 0.275 e. The number of aromatic nitrogens is 4. The average molecular weight is 230 g/mol. The van der Waals surface area contributed by atoms with Crippen LogP contribution in [0.4, 0.5) is 0 Å². The van der Waals surface area contributed by atoms with Crippen LogP contribution in [-0.2, 0) is 6.42 Å². The summed E-state index contributed by atoms with van der Waals surface area (Å²) in [6.45, 7) is 1.81. The standard InChI is InChI=1S/C11H10N4O2/c1-6-9-10(14-12-6)8(13-15-11(9)16)5-7-3-2-4-17-7/h2-4H,5H2,1H3,(H,12,14)(H,15,16). The van der Waals surface area contributed by atoms with Gasteiger partial charge in [-0.05, 0) is 19.1 Å². The monoisotopic (exact) mass is 230 g/mol. The number of furan rings is 1. The van der Waals surface area contributed by atoms with Crippen LogP contribution in [-0.4, -0.2) is 20.4 Å². The topological polar surface area (TPSA) is 87.6 Å². The molecule has 0 unspecified atom stereocenters. The quantitative estimate of drug-likeness (QED) is 0.691. The molecule has 0 amide bonds. The van der Waals surface area contributed by atoms with Gasteiger partial charge in [-0.1, -0.05) is 0 Å². The third-order valence-corrected chi connectivity index (χ3v) is 2.66. The molecule has 17 heavy (non-hydrogen) atoms. The van der Waals surface area contributed by atoms with Gasteiger partial charge in [-0.25, -0.2) is 5.10 Å². The van der Waals surface area contributed by atoms with Crippen molar-refractivity contribution in [3.8, 4) is 0 Å². The van der Waals surface area contributed by atoms with Crippen molar-refractivity contribution in [1.29, 1.82) is 0 Å². The van der Waals surface area contributed by atoms with Gasteiger partial charge in [0.1, 0.15) is 11.3 Å². The van der Waals surface area contributed by atoms with E-state index in [-0.39, 0.29) is 5.56 Å². The van der Waals surface area contributed by atoms with Gasteiger partial charge in [-0.15, -0.1) is 0 Å². The minimum Gasteiger partial charge on any atom is -0.469 e. The van der Waals surface area contributed by atoms with Gasteiger partial charge < -0.3 is 4.42 Å². The molecule has 0 saturated heterocycles. The first-order chi connectivity index (χ1) is 8.25. The molecule has 0 saturated carbocycles. The lowest BCUT2D eigenvalue weighted by atomic mass is 10.2. The van der Waals surface area contributed by atoms with E-state index in [4.69, 9.17) is 4.42 Å². The molecule has 0 aromatic carbocycles. The van der Waals surface area contributed by atoms with E-state index in [2.05, 4.69) is 20.4 Å². The van der Waals surface area contributed by atoms with Crippen LogP contribution in [0.1, 0.15) is 17.1 Å². The van der Waals surface area contributed by atoms with Crippen molar-refractivity contribution in [3.05, 3.63) is 45.9 Å². The molecule has 6 nitrogen and oxygen atoms in total. The van der Waals surface area contributed by atoms with Gasteiger partial charge in [0.25, 0.3) is 5.56 Å². The highest BCUT2D eigenvalue weighted by Crippen LogP contribution is 2.16. The van der Waals surface area contributed by atoms with Crippen LogP contribution >= 0.6 is 0 Å². The van der Waals surface area contributed by atoms with Gasteiger partial charge in [-0.2, -0.15) is 10.2 Å². The van der Waals surface area contributed by atoms with Gasteiger partial charge in [0.05, 0.1) is 23.8 Å². The Labute approximate surface area is 95.7 Å². The second-order valence-electron chi connectivity index (χ2n) is 3.83. The molecule has 0 aliphatic heterocycles. The highest BCUT2D eigenvalue weighted by Gasteiger charge is 2.13. The fraction of sp³-hybridized carbons (Fsp3) is 0.182. The molecule has 2 N–H and O–H groups in total. The molecule has 0 atom stereocenters. The van der Waals surface area contributed by atoms with Crippen LogP contribution in [0.5, 0.6) is 0 Å². The molecule has 3 aromatic rings. The van der Waals surface area contributed by atoms with Gasteiger partial charge in [0, 0.05) is 5.69 Å². The Morgan fingerprint density at radius 2 is 2.24 bits per heavy atom. The van der Waals surface area contributed by atoms with Crippen LogP contribution in [0.15, 0.2) is 27.6 Å². The number of fused-ring (bicyclic) bond motifs is 1. The fourth-order valence-electron chi connectivity index (χ4n) is 1.84. The lowest BCUT2D eigenvalue weighted by Gasteiger charge is -1.97. The lowest BCUT2D eigenvalue weighted by Crippen LogP contribution is -2.11. The number of nitrogens with one attached hydrogen (secondary N) is 2. The first kappa shape index (κ1) is 9.83. The predicted octanol–water partition coefficient (Wildman–Crippen LogP) is 1.14. The third kappa shape index (κ3) is 1.54. The summed E-state index contributed by atoms with van der Waals surface area (Å²) >= 11 is 0. The molecular weight excluding hydrogens is 220 g/mol. The van der Waals surface area contributed by atoms with E-state index in [9.17, 15) is 4.79 Å². The summed E-state index contributed by atoms with van der Waals surface area (Å²) in [6, 6.07) is 3.67. The number of nitrogens with zero attached hydrogens (tertiary/aromatic N) is 2. The number of aromatic amines is 2. The predicted molar refractivity (Wildman–Crippen MR) is 60.8 cm³/mol. The maximum atomic E-state index is 11.6. The van der Waals surface area contributed by atoms with Crippen LogP contribution < -0.4 is 5.56 Å². The Morgan fingerprint density at radius 3 is 3.00 bits per heavy atom. The highest BCUT2D eigenvalue weighted by molar-refractivity contribution is 5.81. The number of H-pyrrole nitrogens is 2. The van der Waals surface area contributed by atoms with Crippen molar-refractivity contribution >= 4 is 10.9 Å². The number of hydrogen-bond acceptors (Lipinski definition) is 4. The molecule has 86 valence electrons. The Morgan fingerprint density at radius 1 is 1.35 bits per heavy atom. The molecule has 3 rings (SSSR count). The van der Waals surface area contributed by atoms with Crippen LogP contribution in [0.2, 0.25) is 0 Å². The van der Waals surface area contributed by atoms with Gasteiger partial charge in [-0.3, -0.25) is 9.89 Å². The van der Waals surface area contributed by atoms with E-state index in [0.29, 0.717) is 23.0 Å². The summed E-state index contributed by atoms with van der Waals surface area (Å²) in [7, 11) is 0. The zero-order chi connectivity index (χ0) is 11.8. The van der Waals surface area contributed by atoms with E-state index in [1.54, 1.807) is 13.2 Å². The Kier molecular flexibility index (Phi) is 2.07. The second-order valence-corrected chi connectivity index (χ2v) is 3.83. The fourth-order valence-corrected chi connectivity index (χ4v) is 1.84. The molecule has 3 aromatic heterocycles. The minimum absolute atomic E-state index is 0.227. The first-order valence-electron chi connectivity index (χ1n) is 5.20. The number of rotatable bonds is 2. The number of aryl methyl sites for hydroxylation is 1. The highest BCUT2D eigenvalue weighted by atomic mass is 16.3. The average Bonchev–Trinajstić information content (AvgIpc) is 2.93. The SMILES string of the molecule is Cc1[nH]nc2c(Cc3ccco3)n[nH]c(=O)c12. The maximum absolute atomic E-state index is 11.6. The van der Waals surface area contributed by atoms with Crippen LogP contribution in [0.25, 0.3) is 10.9 Å². The summed E-state index contributed by atoms with van der Waals surface area (Å²) in [6.07, 6.45) is 2.11. The smallest absolute Gasteiger partial charge is 0.275 e. The lowest BCUT2D eigenvalue weighted by molar-refractivity contribution is 0.518. The van der Waals surface area contributed by atoms with Crippen molar-refractivity contribution in [2.24, 2.45) is 0 Å². The summed E-state index contributed by atoms with van der Waals surface area (Å²) in [4.78, 5) is 11.6. The Bertz CT molecular complexity index is 709. The van der Waals surface area contributed by atoms with Crippen LogP contribution in [0, 0.1) is 6.92 Å². The largest absolute Gasteiger partial charge is 0.469 e. The minimum atomic E-state index is -0.227. The molecule has 0 fully saturated rings. The van der Waals surface area contributed by atoms with E-state index in [1.807, 2.05) is 12.1 Å². The summed E-state index contributed by atoms with van der Waals surface area (Å²) in [5, 5.41) is 14.0. The van der Waals surface area contributed by atoms with Gasteiger partial charge >= 0.3 is 0 Å². The first-order valence-corrected chi connectivity index (χ1v) is 5.20. The summed E-state index contributed by atoms with van der Waals surface area (Å²) in [5.74, 6) is 0.784. The van der Waals surface area contributed by atoms with Crippen molar-refractivity contribution in [3.63, 3.8) is 0 Å². The van der Waals surface area contributed by atoms with Crippen molar-refractivity contribution in [2.45, 2.75) is 13.3 Å². The van der Waals surface area contributed by atoms with E-state index >= 15 is 0 Å². The Hall–Kier alpha value is -2.37. The Balaban J connectivity index is 2.18. The molecule has 0 spiro atoms. The van der Waals surface area contributed by atoms with E-state index in [1.165, 1.54) is 0 Å². The molecule has 3 heterocycles. The zero-order valence-electron chi connectivity index (χ0n) is 9.15. The second kappa shape index (κ2) is 3.58. The third-order valence-electron chi connectivity index (χ3n) is 2.66. The van der Waals surface area contributed by atoms with Gasteiger partial charge in [0.15, 0.2) is 0 Å². The normalized spacial score (nSPS) is 11.1. The molecule has 0 bridgehead atoms. The van der Waals surface area contributed by atoms with Crippen molar-refractivity contribution in [1.82, 2.24) is 20.4 Å². The van der Waals surface area contributed by atoms with E-state index < -0.39 is 0 Å². The summed E-state index contributed by atoms with van der Waals surface area (Å²) in [5.41, 5.74) is 1.81. The number of hydrogen-bond donors (Lipinski definition) is 2. The van der Waals surface area contributed by atoms with Gasteiger partial charge in [0.2, 0.25) is 0 Å². The van der Waals surface area contributed by atoms with Crippen LogP contribution in [0.3, 0.4) is 0 Å². The van der Waals surface area contributed by atoms with Crippen molar-refractivity contribution < 1.29 is 4.42 Å². The molecule has 0 aliphatic rings. The summed E-state index contributed by atoms with van der Waals surface area (Å²) < 4.78 is 5.25. The molecule has 0 aliphatic carbocycles.